The lowest BCUT2D eigenvalue weighted by atomic mass is 10.1. The monoisotopic (exact) mass is 365 g/mol. The number of nitrogens with zero attached hydrogens (tertiary/aromatic N) is 2. The first-order valence-electron chi connectivity index (χ1n) is 9.01. The van der Waals surface area contributed by atoms with E-state index in [4.69, 9.17) is 0 Å². The Morgan fingerprint density at radius 3 is 2.76 bits per heavy atom. The highest BCUT2D eigenvalue weighted by atomic mass is 32.2. The van der Waals surface area contributed by atoms with Gasteiger partial charge in [0.05, 0.1) is 4.90 Å². The third-order valence-corrected chi connectivity index (χ3v) is 7.34. The fourth-order valence-corrected chi connectivity index (χ4v) is 5.44. The maximum atomic E-state index is 13.0. The molecule has 25 heavy (non-hydrogen) atoms. The lowest BCUT2D eigenvalue weighted by Gasteiger charge is -2.32. The largest absolute Gasteiger partial charge is 0.337 e. The van der Waals surface area contributed by atoms with E-state index in [9.17, 15) is 13.2 Å². The Hall–Kier alpha value is -1.44. The molecule has 1 aromatic rings. The molecule has 2 atom stereocenters. The van der Waals surface area contributed by atoms with Crippen LogP contribution < -0.4 is 5.32 Å². The Morgan fingerprint density at radius 1 is 1.28 bits per heavy atom. The Labute approximate surface area is 150 Å². The normalized spacial score (nSPS) is 25.0. The summed E-state index contributed by atoms with van der Waals surface area (Å²) >= 11 is 0. The van der Waals surface area contributed by atoms with Gasteiger partial charge in [-0.3, -0.25) is 4.79 Å². The van der Waals surface area contributed by atoms with Gasteiger partial charge in [-0.1, -0.05) is 12.5 Å². The van der Waals surface area contributed by atoms with Crippen molar-refractivity contribution in [2.75, 3.05) is 26.7 Å². The van der Waals surface area contributed by atoms with Crippen LogP contribution in [0.1, 0.15) is 43.0 Å². The van der Waals surface area contributed by atoms with Gasteiger partial charge in [0.1, 0.15) is 0 Å². The van der Waals surface area contributed by atoms with Crippen LogP contribution in [0.25, 0.3) is 0 Å². The molecule has 2 aliphatic rings. The summed E-state index contributed by atoms with van der Waals surface area (Å²) in [6.45, 7) is 4.19. The molecule has 0 aliphatic carbocycles. The molecule has 0 radical (unpaired) electrons. The van der Waals surface area contributed by atoms with Crippen LogP contribution in [-0.2, 0) is 10.0 Å². The van der Waals surface area contributed by atoms with Crippen LogP contribution >= 0.6 is 0 Å². The third kappa shape index (κ3) is 3.73. The molecule has 0 spiro atoms. The molecule has 1 N–H and O–H groups in total. The van der Waals surface area contributed by atoms with Crippen molar-refractivity contribution in [1.82, 2.24) is 14.5 Å². The number of nitrogens with one attached hydrogen (secondary N) is 1. The molecule has 2 heterocycles. The average Bonchev–Trinajstić information content (AvgIpc) is 3.15. The second-order valence-electron chi connectivity index (χ2n) is 7.05. The van der Waals surface area contributed by atoms with Crippen molar-refractivity contribution in [3.05, 3.63) is 29.8 Å². The molecule has 0 bridgehead atoms. The minimum atomic E-state index is -3.56. The van der Waals surface area contributed by atoms with Crippen LogP contribution in [-0.4, -0.2) is 62.3 Å². The van der Waals surface area contributed by atoms with Gasteiger partial charge in [-0.25, -0.2) is 8.42 Å². The number of hydrogen-bond acceptors (Lipinski definition) is 4. The SMILES string of the molecule is CC1CCCCN1S(=O)(=O)c1cccc(C(=O)N(C)C2CCNC2)c1. The first-order chi connectivity index (χ1) is 11.9. The summed E-state index contributed by atoms with van der Waals surface area (Å²) < 4.78 is 27.6. The lowest BCUT2D eigenvalue weighted by molar-refractivity contribution is 0.0743. The minimum absolute atomic E-state index is 0.00495. The predicted molar refractivity (Wildman–Crippen MR) is 97.0 cm³/mol. The highest BCUT2D eigenvalue weighted by Gasteiger charge is 2.32. The summed E-state index contributed by atoms with van der Waals surface area (Å²) in [5.74, 6) is -0.127. The second-order valence-corrected chi connectivity index (χ2v) is 8.94. The number of amides is 1. The number of likely N-dealkylation sites (N-methyl/N-ethyl adjacent to an activating group) is 1. The van der Waals surface area contributed by atoms with Gasteiger partial charge in [0.25, 0.3) is 5.91 Å². The zero-order chi connectivity index (χ0) is 18.0. The Bertz CT molecular complexity index is 729. The highest BCUT2D eigenvalue weighted by molar-refractivity contribution is 7.89. The van der Waals surface area contributed by atoms with E-state index in [0.29, 0.717) is 12.1 Å². The van der Waals surface area contributed by atoms with E-state index in [2.05, 4.69) is 5.32 Å². The van der Waals surface area contributed by atoms with Crippen molar-refractivity contribution < 1.29 is 13.2 Å². The molecule has 7 heteroatoms. The van der Waals surface area contributed by atoms with Crippen LogP contribution in [0.15, 0.2) is 29.2 Å². The molecular weight excluding hydrogens is 338 g/mol. The maximum Gasteiger partial charge on any atom is 0.253 e. The molecule has 2 aliphatic heterocycles. The van der Waals surface area contributed by atoms with E-state index in [0.717, 1.165) is 38.8 Å². The number of carbonyl (C=O) groups excluding carboxylic acids is 1. The quantitative estimate of drug-likeness (QED) is 0.881. The minimum Gasteiger partial charge on any atom is -0.337 e. The van der Waals surface area contributed by atoms with Crippen LogP contribution in [0.2, 0.25) is 0 Å². The summed E-state index contributed by atoms with van der Waals surface area (Å²) in [6, 6.07) is 6.64. The number of hydrogen-bond donors (Lipinski definition) is 1. The topological polar surface area (TPSA) is 69.7 Å². The van der Waals surface area contributed by atoms with Gasteiger partial charge < -0.3 is 10.2 Å². The molecule has 3 rings (SSSR count). The van der Waals surface area contributed by atoms with Gasteiger partial charge in [0.2, 0.25) is 10.0 Å². The number of piperidine rings is 1. The number of sulfonamides is 1. The number of carbonyl (C=O) groups is 1. The Balaban J connectivity index is 1.84. The molecule has 2 fully saturated rings. The highest BCUT2D eigenvalue weighted by Crippen LogP contribution is 2.26. The molecule has 1 amide bonds. The molecule has 138 valence electrons. The zero-order valence-electron chi connectivity index (χ0n) is 14.9. The van der Waals surface area contributed by atoms with Crippen LogP contribution in [0, 0.1) is 0 Å². The fraction of sp³-hybridized carbons (Fsp3) is 0.611. The molecule has 2 unspecified atom stereocenters. The zero-order valence-corrected chi connectivity index (χ0v) is 15.8. The van der Waals surface area contributed by atoms with Gasteiger partial charge in [-0.15, -0.1) is 0 Å². The van der Waals surface area contributed by atoms with E-state index in [1.54, 1.807) is 34.5 Å². The maximum absolute atomic E-state index is 13.0. The third-order valence-electron chi connectivity index (χ3n) is 5.33. The number of benzene rings is 1. The van der Waals surface area contributed by atoms with E-state index >= 15 is 0 Å². The van der Waals surface area contributed by atoms with Gasteiger partial charge in [-0.2, -0.15) is 4.31 Å². The second kappa shape index (κ2) is 7.43. The predicted octanol–water partition coefficient (Wildman–Crippen LogP) is 1.68. The Morgan fingerprint density at radius 2 is 2.08 bits per heavy atom. The van der Waals surface area contributed by atoms with E-state index in [1.165, 1.54) is 6.07 Å². The van der Waals surface area contributed by atoms with Crippen LogP contribution in [0.5, 0.6) is 0 Å². The van der Waals surface area contributed by atoms with E-state index in [-0.39, 0.29) is 22.9 Å². The average molecular weight is 365 g/mol. The van der Waals surface area contributed by atoms with Crippen LogP contribution in [0.4, 0.5) is 0 Å². The van der Waals surface area contributed by atoms with Crippen molar-refractivity contribution in [3.63, 3.8) is 0 Å². The summed E-state index contributed by atoms with van der Waals surface area (Å²) in [7, 11) is -1.78. The van der Waals surface area contributed by atoms with Crippen LogP contribution in [0.3, 0.4) is 0 Å². The van der Waals surface area contributed by atoms with Gasteiger partial charge >= 0.3 is 0 Å². The Kier molecular flexibility index (Phi) is 5.46. The summed E-state index contributed by atoms with van der Waals surface area (Å²) in [5.41, 5.74) is 0.431. The standard InChI is InChI=1S/C18H27N3O3S/c1-14-6-3-4-11-21(14)25(23,24)17-8-5-7-15(12-17)18(22)20(2)16-9-10-19-13-16/h5,7-8,12,14,16,19H,3-4,6,9-11,13H2,1-2H3. The summed E-state index contributed by atoms with van der Waals surface area (Å²) in [5, 5.41) is 3.25. The van der Waals surface area contributed by atoms with Gasteiger partial charge in [-0.05, 0) is 50.9 Å². The van der Waals surface area contributed by atoms with Crippen molar-refractivity contribution in [2.45, 2.75) is 49.6 Å². The summed E-state index contributed by atoms with van der Waals surface area (Å²) in [6.07, 6.45) is 3.76. The lowest BCUT2D eigenvalue weighted by Crippen LogP contribution is -2.42. The molecule has 6 nitrogen and oxygen atoms in total. The van der Waals surface area contributed by atoms with Gasteiger partial charge in [0.15, 0.2) is 0 Å². The van der Waals surface area contributed by atoms with Crippen molar-refractivity contribution in [1.29, 1.82) is 0 Å². The molecule has 0 saturated carbocycles. The van der Waals surface area contributed by atoms with E-state index < -0.39 is 10.0 Å². The molecular formula is C18H27N3O3S. The van der Waals surface area contributed by atoms with Gasteiger partial charge in [0, 0.05) is 37.8 Å². The molecule has 0 aromatic heterocycles. The number of rotatable bonds is 4. The van der Waals surface area contributed by atoms with Crippen molar-refractivity contribution in [3.8, 4) is 0 Å². The first kappa shape index (κ1) is 18.4. The van der Waals surface area contributed by atoms with E-state index in [1.807, 2.05) is 6.92 Å². The first-order valence-corrected chi connectivity index (χ1v) is 10.4. The smallest absolute Gasteiger partial charge is 0.253 e. The molecule has 2 saturated heterocycles. The molecule has 1 aromatic carbocycles. The fourth-order valence-electron chi connectivity index (χ4n) is 3.69. The van der Waals surface area contributed by atoms with Crippen molar-refractivity contribution in [2.24, 2.45) is 0 Å². The summed E-state index contributed by atoms with van der Waals surface area (Å²) in [4.78, 5) is 14.7. The van der Waals surface area contributed by atoms with Crippen molar-refractivity contribution >= 4 is 15.9 Å².